The van der Waals surface area contributed by atoms with Gasteiger partial charge < -0.3 is 4.90 Å². The fraction of sp³-hybridized carbons (Fsp3) is 0.625. The fourth-order valence-corrected chi connectivity index (χ4v) is 1.92. The summed E-state index contributed by atoms with van der Waals surface area (Å²) in [7, 11) is 2.18. The van der Waals surface area contributed by atoms with Crippen LogP contribution in [0.4, 0.5) is 5.69 Å². The van der Waals surface area contributed by atoms with E-state index < -0.39 is 0 Å². The van der Waals surface area contributed by atoms with E-state index in [-0.39, 0.29) is 5.41 Å². The minimum atomic E-state index is 0.208. The van der Waals surface area contributed by atoms with E-state index in [0.717, 1.165) is 0 Å². The largest absolute Gasteiger partial charge is 0.372 e. The van der Waals surface area contributed by atoms with Crippen LogP contribution in [0.25, 0.3) is 0 Å². The molecule has 0 atom stereocenters. The average molecular weight is 233 g/mol. The lowest BCUT2D eigenvalue weighted by atomic mass is 9.74. The van der Waals surface area contributed by atoms with Gasteiger partial charge in [-0.1, -0.05) is 45.9 Å². The summed E-state index contributed by atoms with van der Waals surface area (Å²) in [4.78, 5) is 2.36. The molecule has 1 aromatic carbocycles. The normalized spacial score (nSPS) is 12.3. The van der Waals surface area contributed by atoms with Crippen molar-refractivity contribution in [2.24, 2.45) is 5.92 Å². The molecule has 0 fully saturated rings. The Morgan fingerprint density at radius 3 is 2.00 bits per heavy atom. The summed E-state index contributed by atoms with van der Waals surface area (Å²) in [5.74, 6) is 0.629. The Morgan fingerprint density at radius 2 is 1.53 bits per heavy atom. The second kappa shape index (κ2) is 5.12. The third kappa shape index (κ3) is 2.83. The lowest BCUT2D eigenvalue weighted by molar-refractivity contribution is 0.372. The van der Waals surface area contributed by atoms with Gasteiger partial charge in [0.2, 0.25) is 0 Å². The van der Waals surface area contributed by atoms with E-state index in [9.17, 15) is 0 Å². The van der Waals surface area contributed by atoms with Gasteiger partial charge in [0.1, 0.15) is 0 Å². The minimum Gasteiger partial charge on any atom is -0.372 e. The van der Waals surface area contributed by atoms with Crippen molar-refractivity contribution in [3.63, 3.8) is 0 Å². The lowest BCUT2D eigenvalue weighted by Gasteiger charge is -2.36. The second-order valence-corrected chi connectivity index (χ2v) is 6.10. The maximum absolute atomic E-state index is 2.36. The summed E-state index contributed by atoms with van der Waals surface area (Å²) in [6.07, 6.45) is 0. The molecule has 0 bridgehead atoms. The first-order chi connectivity index (χ1) is 7.78. The number of nitrogens with zero attached hydrogens (tertiary/aromatic N) is 1. The van der Waals surface area contributed by atoms with Crippen molar-refractivity contribution < 1.29 is 0 Å². The predicted octanol–water partition coefficient (Wildman–Crippen LogP) is 4.46. The van der Waals surface area contributed by atoms with Gasteiger partial charge in [-0.15, -0.1) is 0 Å². The van der Waals surface area contributed by atoms with E-state index in [0.29, 0.717) is 12.0 Å². The third-order valence-corrected chi connectivity index (χ3v) is 4.20. The van der Waals surface area contributed by atoms with Gasteiger partial charge in [-0.2, -0.15) is 0 Å². The van der Waals surface area contributed by atoms with Gasteiger partial charge in [0.25, 0.3) is 0 Å². The van der Waals surface area contributed by atoms with Gasteiger partial charge in [0.15, 0.2) is 0 Å². The standard InChI is InChI=1S/C16H27N/c1-12(2)16(5,6)14-10-8-9-11-15(14)17(7)13(3)4/h8-13H,1-7H3. The molecular weight excluding hydrogens is 206 g/mol. The van der Waals surface area contributed by atoms with Crippen LogP contribution in [0, 0.1) is 5.92 Å². The molecule has 1 aromatic rings. The molecule has 17 heavy (non-hydrogen) atoms. The van der Waals surface area contributed by atoms with Crippen molar-refractivity contribution in [2.45, 2.75) is 53.0 Å². The Balaban J connectivity index is 3.26. The molecule has 0 radical (unpaired) electrons. The number of benzene rings is 1. The lowest BCUT2D eigenvalue weighted by Crippen LogP contribution is -2.31. The van der Waals surface area contributed by atoms with Crippen LogP contribution in [0.2, 0.25) is 0 Å². The Labute approximate surface area is 107 Å². The van der Waals surface area contributed by atoms with Crippen molar-refractivity contribution in [1.82, 2.24) is 0 Å². The summed E-state index contributed by atoms with van der Waals surface area (Å²) < 4.78 is 0. The summed E-state index contributed by atoms with van der Waals surface area (Å²) >= 11 is 0. The van der Waals surface area contributed by atoms with Gasteiger partial charge in [0.05, 0.1) is 0 Å². The zero-order valence-corrected chi connectivity index (χ0v) is 12.4. The Kier molecular flexibility index (Phi) is 4.24. The molecule has 0 amide bonds. The molecule has 0 spiro atoms. The van der Waals surface area contributed by atoms with Crippen LogP contribution in [-0.4, -0.2) is 13.1 Å². The van der Waals surface area contributed by atoms with Crippen LogP contribution in [0.1, 0.15) is 47.1 Å². The van der Waals surface area contributed by atoms with E-state index in [1.54, 1.807) is 0 Å². The quantitative estimate of drug-likeness (QED) is 0.742. The van der Waals surface area contributed by atoms with Gasteiger partial charge in [0, 0.05) is 18.8 Å². The topological polar surface area (TPSA) is 3.24 Å². The summed E-state index contributed by atoms with van der Waals surface area (Å²) in [6.45, 7) is 13.7. The van der Waals surface area contributed by atoms with E-state index in [4.69, 9.17) is 0 Å². The number of rotatable bonds is 4. The molecule has 0 saturated heterocycles. The SMILES string of the molecule is CC(C)N(C)c1ccccc1C(C)(C)C(C)C. The van der Waals surface area contributed by atoms with E-state index in [2.05, 4.69) is 77.8 Å². The Bertz CT molecular complexity index is 364. The first kappa shape index (κ1) is 14.1. The number of hydrogen-bond donors (Lipinski definition) is 0. The molecule has 1 heteroatoms. The third-order valence-electron chi connectivity index (χ3n) is 4.20. The highest BCUT2D eigenvalue weighted by molar-refractivity contribution is 5.56. The molecule has 96 valence electrons. The maximum atomic E-state index is 2.36. The highest BCUT2D eigenvalue weighted by Gasteiger charge is 2.28. The summed E-state index contributed by atoms with van der Waals surface area (Å²) in [5.41, 5.74) is 3.02. The predicted molar refractivity (Wildman–Crippen MR) is 77.8 cm³/mol. The first-order valence-corrected chi connectivity index (χ1v) is 6.60. The zero-order chi connectivity index (χ0) is 13.2. The second-order valence-electron chi connectivity index (χ2n) is 6.10. The monoisotopic (exact) mass is 233 g/mol. The highest BCUT2D eigenvalue weighted by Crippen LogP contribution is 2.37. The Hall–Kier alpha value is -0.980. The smallest absolute Gasteiger partial charge is 0.0404 e. The van der Waals surface area contributed by atoms with Crippen LogP contribution in [0.5, 0.6) is 0 Å². The van der Waals surface area contributed by atoms with Crippen LogP contribution < -0.4 is 4.90 Å². The molecule has 0 N–H and O–H groups in total. The Morgan fingerprint density at radius 1 is 1.00 bits per heavy atom. The molecule has 0 heterocycles. The van der Waals surface area contributed by atoms with Crippen molar-refractivity contribution in [3.8, 4) is 0 Å². The number of hydrogen-bond acceptors (Lipinski definition) is 1. The zero-order valence-electron chi connectivity index (χ0n) is 12.4. The summed E-state index contributed by atoms with van der Waals surface area (Å²) in [5, 5.41) is 0. The first-order valence-electron chi connectivity index (χ1n) is 6.60. The van der Waals surface area contributed by atoms with Gasteiger partial charge >= 0.3 is 0 Å². The molecule has 0 unspecified atom stereocenters. The van der Waals surface area contributed by atoms with Gasteiger partial charge in [-0.3, -0.25) is 0 Å². The molecule has 0 aliphatic carbocycles. The molecule has 0 saturated carbocycles. The van der Waals surface area contributed by atoms with Gasteiger partial charge in [-0.25, -0.2) is 0 Å². The van der Waals surface area contributed by atoms with Crippen LogP contribution in [-0.2, 0) is 5.41 Å². The minimum absolute atomic E-state index is 0.208. The molecule has 0 aliphatic heterocycles. The molecule has 1 nitrogen and oxygen atoms in total. The van der Waals surface area contributed by atoms with Crippen molar-refractivity contribution >= 4 is 5.69 Å². The van der Waals surface area contributed by atoms with Crippen molar-refractivity contribution in [2.75, 3.05) is 11.9 Å². The fourth-order valence-electron chi connectivity index (χ4n) is 1.92. The van der Waals surface area contributed by atoms with Crippen LogP contribution in [0.15, 0.2) is 24.3 Å². The summed E-state index contributed by atoms with van der Waals surface area (Å²) in [6, 6.07) is 9.32. The molecule has 0 aromatic heterocycles. The molecular formula is C16H27N. The van der Waals surface area contributed by atoms with E-state index in [1.165, 1.54) is 11.3 Å². The van der Waals surface area contributed by atoms with Crippen molar-refractivity contribution in [3.05, 3.63) is 29.8 Å². The van der Waals surface area contributed by atoms with Crippen LogP contribution in [0.3, 0.4) is 0 Å². The molecule has 0 aliphatic rings. The highest BCUT2D eigenvalue weighted by atomic mass is 15.1. The number of anilines is 1. The van der Waals surface area contributed by atoms with Crippen molar-refractivity contribution in [1.29, 1.82) is 0 Å². The molecule has 1 rings (SSSR count). The maximum Gasteiger partial charge on any atom is 0.0404 e. The van der Waals surface area contributed by atoms with E-state index >= 15 is 0 Å². The van der Waals surface area contributed by atoms with E-state index in [1.807, 2.05) is 0 Å². The van der Waals surface area contributed by atoms with Crippen LogP contribution >= 0.6 is 0 Å². The number of para-hydroxylation sites is 1. The van der Waals surface area contributed by atoms with Gasteiger partial charge in [-0.05, 0) is 36.8 Å². The average Bonchev–Trinajstić information content (AvgIpc) is 2.27.